The minimum atomic E-state index is -5.62. The molecule has 0 rings (SSSR count). The van der Waals surface area contributed by atoms with Gasteiger partial charge in [-0.1, -0.05) is 0 Å². The number of hydrogen-bond acceptors (Lipinski definition) is 4. The van der Waals surface area contributed by atoms with E-state index in [4.69, 9.17) is 15.7 Å². The Morgan fingerprint density at radius 2 is 1.14 bits per heavy atom. The molecule has 0 saturated heterocycles. The molecular weight excluding hydrogens is 365 g/mol. The van der Waals surface area contributed by atoms with Gasteiger partial charge in [0.25, 0.3) is 0 Å². The fourth-order valence-electron chi connectivity index (χ4n) is 0. The van der Waals surface area contributed by atoms with E-state index in [1.165, 1.54) is 0 Å². The van der Waals surface area contributed by atoms with Crippen LogP contribution >= 0.6 is 0 Å². The minimum absolute atomic E-state index is 0. The summed E-state index contributed by atoms with van der Waals surface area (Å²) in [4.78, 5) is 0. The van der Waals surface area contributed by atoms with E-state index in [0.717, 1.165) is 0 Å². The van der Waals surface area contributed by atoms with Crippen LogP contribution in [0.25, 0.3) is 0 Å². The van der Waals surface area contributed by atoms with Gasteiger partial charge in [0.2, 0.25) is 0 Å². The second-order valence-electron chi connectivity index (χ2n) is 0.378. The Balaban J connectivity index is -0.0000000800. The van der Waals surface area contributed by atoms with E-state index in [9.17, 15) is 0 Å². The summed E-state index contributed by atoms with van der Waals surface area (Å²) in [6.07, 6.45) is 0. The molecule has 0 aliphatic heterocycles. The van der Waals surface area contributed by atoms with Crippen LogP contribution in [-0.4, -0.2) is 27.3 Å². The standard InChI is InChI=1S/K.Mn.4O.Pb.2H/q+1;;;;;-1;;;. The molecule has 0 aromatic rings. The van der Waals surface area contributed by atoms with Crippen molar-refractivity contribution in [3.8, 4) is 0 Å². The van der Waals surface area contributed by atoms with Crippen LogP contribution in [0.4, 0.5) is 0 Å². The Bertz CT molecular complexity index is 133. The van der Waals surface area contributed by atoms with E-state index in [2.05, 4.69) is 0 Å². The maximum atomic E-state index is 8.58. The molecule has 0 aliphatic carbocycles. The molecule has 0 aromatic carbocycles. The zero-order valence-corrected chi connectivity index (χ0v) is 13.5. The van der Waals surface area contributed by atoms with Crippen molar-refractivity contribution in [1.82, 2.24) is 0 Å². The molecule has 0 fully saturated rings. The van der Waals surface area contributed by atoms with Crippen molar-refractivity contribution >= 4 is 27.3 Å². The first-order valence-corrected chi connectivity index (χ1v) is 2.54. The van der Waals surface area contributed by atoms with E-state index < -0.39 is 13.0 Å². The van der Waals surface area contributed by atoms with Crippen molar-refractivity contribution in [1.29, 1.82) is 0 Å². The van der Waals surface area contributed by atoms with Gasteiger partial charge in [0.1, 0.15) is 0 Å². The fourth-order valence-corrected chi connectivity index (χ4v) is 0. The fraction of sp³-hybridized carbons (Fsp3) is 0. The van der Waals surface area contributed by atoms with Crippen LogP contribution in [0.3, 0.4) is 0 Å². The first kappa shape index (κ1) is 16.2. The Morgan fingerprint density at radius 1 is 1.14 bits per heavy atom. The van der Waals surface area contributed by atoms with E-state index in [-0.39, 0.29) is 78.7 Å². The van der Waals surface area contributed by atoms with Gasteiger partial charge in [0.05, 0.1) is 0 Å². The zero-order chi connectivity index (χ0) is 4.50. The summed E-state index contributed by atoms with van der Waals surface area (Å²) in [7, 11) is 0. The van der Waals surface area contributed by atoms with Gasteiger partial charge >= 0.3 is 107 Å². The first-order chi connectivity index (χ1) is 2.00. The molecule has 0 bridgehead atoms. The van der Waals surface area contributed by atoms with Crippen molar-refractivity contribution in [2.24, 2.45) is 0 Å². The predicted octanol–water partition coefficient (Wildman–Crippen LogP) is -5.46. The van der Waals surface area contributed by atoms with Crippen LogP contribution in [0, 0.1) is 0 Å². The Hall–Kier alpha value is 2.44. The Morgan fingerprint density at radius 3 is 1.14 bits per heavy atom. The molecule has 0 amide bonds. The molecule has 7 heavy (non-hydrogen) atoms. The molecule has 38 valence electrons. The van der Waals surface area contributed by atoms with Gasteiger partial charge in [0.15, 0.2) is 0 Å². The summed E-state index contributed by atoms with van der Waals surface area (Å²) in [5.41, 5.74) is 0. The van der Waals surface area contributed by atoms with E-state index in [1.54, 1.807) is 0 Å². The van der Waals surface area contributed by atoms with E-state index in [0.29, 0.717) is 0 Å². The number of rotatable bonds is 0. The maximum absolute atomic E-state index is 8.58. The summed E-state index contributed by atoms with van der Waals surface area (Å²) >= 11 is -5.62. The van der Waals surface area contributed by atoms with Gasteiger partial charge in [-0.15, -0.1) is 0 Å². The molecule has 0 N–H and O–H groups in total. The summed E-state index contributed by atoms with van der Waals surface area (Å²) < 4.78 is 34.3. The quantitative estimate of drug-likeness (QED) is 0.401. The predicted molar refractivity (Wildman–Crippen MR) is 10.6 cm³/mol. The topological polar surface area (TPSA) is 74.3 Å². The first-order valence-electron chi connectivity index (χ1n) is 0.617. The van der Waals surface area contributed by atoms with Crippen molar-refractivity contribution in [2.45, 2.75) is 0 Å². The Kier molecular flexibility index (Phi) is 15.2. The zero-order valence-electron chi connectivity index (χ0n) is 3.72. The normalized spacial score (nSPS) is 8.14. The SMILES string of the molecule is [K+].[O]=[Mn](=[O])(=[O])[O-].[PbH2]. The third-order valence-corrected chi connectivity index (χ3v) is 0. The van der Waals surface area contributed by atoms with Crippen LogP contribution in [-0.2, 0) is 24.5 Å². The average Bonchev–Trinajstić information content (AvgIpc) is 0.722. The molecule has 0 heterocycles. The summed E-state index contributed by atoms with van der Waals surface area (Å²) in [5.74, 6) is 0. The van der Waals surface area contributed by atoms with Crippen molar-refractivity contribution in [3.63, 3.8) is 0 Å². The molecule has 0 atom stereocenters. The van der Waals surface area contributed by atoms with Gasteiger partial charge in [0, 0.05) is 0 Å². The molecule has 0 spiro atoms. The second kappa shape index (κ2) is 6.56. The van der Waals surface area contributed by atoms with Crippen molar-refractivity contribution in [2.75, 3.05) is 0 Å². The second-order valence-corrected chi connectivity index (χ2v) is 1.56. The van der Waals surface area contributed by atoms with Crippen molar-refractivity contribution in [3.05, 3.63) is 0 Å². The van der Waals surface area contributed by atoms with Gasteiger partial charge in [-0.3, -0.25) is 0 Å². The van der Waals surface area contributed by atoms with Crippen molar-refractivity contribution < 1.29 is 80.0 Å². The summed E-state index contributed by atoms with van der Waals surface area (Å²) in [5, 5.41) is 0. The van der Waals surface area contributed by atoms with Crippen LogP contribution in [0.5, 0.6) is 0 Å². The Labute approximate surface area is 105 Å². The van der Waals surface area contributed by atoms with E-state index in [1.807, 2.05) is 0 Å². The molecule has 0 unspecified atom stereocenters. The summed E-state index contributed by atoms with van der Waals surface area (Å²) in [6, 6.07) is 0. The van der Waals surface area contributed by atoms with Gasteiger partial charge in [-0.2, -0.15) is 0 Å². The van der Waals surface area contributed by atoms with Gasteiger partial charge < -0.3 is 0 Å². The molecule has 4 nitrogen and oxygen atoms in total. The summed E-state index contributed by atoms with van der Waals surface area (Å²) in [6.45, 7) is 0. The molecule has 0 aromatic heterocycles. The van der Waals surface area contributed by atoms with Crippen LogP contribution < -0.4 is 55.6 Å². The third-order valence-electron chi connectivity index (χ3n) is 0. The van der Waals surface area contributed by atoms with Gasteiger partial charge in [-0.05, 0) is 0 Å². The monoisotopic (exact) mass is 368 g/mol. The third kappa shape index (κ3) is 58.8. The van der Waals surface area contributed by atoms with Gasteiger partial charge in [-0.25, -0.2) is 0 Å². The molecular formula is H2KMnO4Pb. The van der Waals surface area contributed by atoms with Crippen LogP contribution in [0.1, 0.15) is 0 Å². The molecule has 2 radical (unpaired) electrons. The molecule has 0 saturated carbocycles. The van der Waals surface area contributed by atoms with Crippen LogP contribution in [0.2, 0.25) is 0 Å². The van der Waals surface area contributed by atoms with Crippen LogP contribution in [0.15, 0.2) is 0 Å². The number of hydrogen-bond donors (Lipinski definition) is 0. The molecule has 0 aliphatic rings. The average molecular weight is 367 g/mol. The molecule has 7 heteroatoms. The van der Waals surface area contributed by atoms with E-state index >= 15 is 0 Å².